The molecule has 1 fully saturated rings. The summed E-state index contributed by atoms with van der Waals surface area (Å²) in [6.45, 7) is 6.78. The Morgan fingerprint density at radius 3 is 2.68 bits per heavy atom. The predicted octanol–water partition coefficient (Wildman–Crippen LogP) is 1.72. The van der Waals surface area contributed by atoms with Crippen LogP contribution >= 0.6 is 0 Å². The molecule has 1 aliphatic heterocycles. The molecule has 1 saturated heterocycles. The highest BCUT2D eigenvalue weighted by molar-refractivity contribution is 7.89. The van der Waals surface area contributed by atoms with E-state index in [1.165, 1.54) is 0 Å². The first kappa shape index (κ1) is 14.5. The molecular formula is C14H22N2O2S. The van der Waals surface area contributed by atoms with Crippen molar-refractivity contribution in [1.29, 1.82) is 0 Å². The van der Waals surface area contributed by atoms with Gasteiger partial charge in [0.1, 0.15) is 0 Å². The van der Waals surface area contributed by atoms with E-state index in [1.807, 2.05) is 32.9 Å². The van der Waals surface area contributed by atoms with Crippen LogP contribution in [0.15, 0.2) is 23.1 Å². The molecule has 4 nitrogen and oxygen atoms in total. The predicted molar refractivity (Wildman–Crippen MR) is 76.7 cm³/mol. The number of nitrogens with one attached hydrogen (secondary N) is 2. The summed E-state index contributed by atoms with van der Waals surface area (Å²) in [6.07, 6.45) is 1.89. The minimum Gasteiger partial charge on any atom is -0.313 e. The van der Waals surface area contributed by atoms with Crippen molar-refractivity contribution >= 4 is 10.0 Å². The van der Waals surface area contributed by atoms with Crippen LogP contribution < -0.4 is 10.0 Å². The summed E-state index contributed by atoms with van der Waals surface area (Å²) in [5.74, 6) is 0. The van der Waals surface area contributed by atoms with E-state index in [0.717, 1.165) is 30.5 Å². The molecule has 106 valence electrons. The third-order valence-electron chi connectivity index (χ3n) is 3.69. The fourth-order valence-corrected chi connectivity index (χ4v) is 4.15. The van der Waals surface area contributed by atoms with Crippen LogP contribution in [-0.4, -0.2) is 27.0 Å². The minimum atomic E-state index is -3.43. The first-order valence-corrected chi connectivity index (χ1v) is 8.21. The molecule has 0 aliphatic carbocycles. The first-order chi connectivity index (χ1) is 8.90. The first-order valence-electron chi connectivity index (χ1n) is 6.73. The molecule has 1 aliphatic rings. The molecule has 5 heteroatoms. The maximum Gasteiger partial charge on any atom is 0.241 e. The standard InChI is InChI=1S/C14H22N2O2S/c1-10-6-7-14(11(2)9-10)19(17,18)16-13-5-4-8-15-12(13)3/h6-7,9,12-13,15-16H,4-5,8H2,1-3H3/t12-,13+/m1/s1. The Morgan fingerprint density at radius 2 is 2.05 bits per heavy atom. The van der Waals surface area contributed by atoms with Crippen LogP contribution in [0.4, 0.5) is 0 Å². The third-order valence-corrected chi connectivity index (χ3v) is 5.34. The van der Waals surface area contributed by atoms with Gasteiger partial charge in [-0.15, -0.1) is 0 Å². The number of aryl methyl sites for hydroxylation is 2. The molecule has 2 atom stereocenters. The van der Waals surface area contributed by atoms with Gasteiger partial charge in [0, 0.05) is 12.1 Å². The van der Waals surface area contributed by atoms with Gasteiger partial charge in [0.25, 0.3) is 0 Å². The van der Waals surface area contributed by atoms with E-state index in [4.69, 9.17) is 0 Å². The molecule has 0 saturated carbocycles. The Labute approximate surface area is 115 Å². The fourth-order valence-electron chi connectivity index (χ4n) is 2.57. The second-order valence-corrected chi connectivity index (χ2v) is 7.06. The van der Waals surface area contributed by atoms with Crippen LogP contribution in [0.2, 0.25) is 0 Å². The second kappa shape index (κ2) is 5.61. The van der Waals surface area contributed by atoms with Crippen LogP contribution in [-0.2, 0) is 10.0 Å². The molecule has 1 heterocycles. The maximum absolute atomic E-state index is 12.4. The zero-order valence-electron chi connectivity index (χ0n) is 11.7. The van der Waals surface area contributed by atoms with Gasteiger partial charge in [0.15, 0.2) is 0 Å². The normalized spacial score (nSPS) is 24.4. The summed E-state index contributed by atoms with van der Waals surface area (Å²) in [7, 11) is -3.43. The van der Waals surface area contributed by atoms with Crippen molar-refractivity contribution in [2.45, 2.75) is 50.6 Å². The SMILES string of the molecule is Cc1ccc(S(=O)(=O)N[C@H]2CCCN[C@@H]2C)c(C)c1. The largest absolute Gasteiger partial charge is 0.313 e. The molecule has 19 heavy (non-hydrogen) atoms. The highest BCUT2D eigenvalue weighted by Gasteiger charge is 2.27. The van der Waals surface area contributed by atoms with Gasteiger partial charge >= 0.3 is 0 Å². The van der Waals surface area contributed by atoms with Crippen molar-refractivity contribution in [2.75, 3.05) is 6.54 Å². The monoisotopic (exact) mass is 282 g/mol. The van der Waals surface area contributed by atoms with Crippen LogP contribution in [0.25, 0.3) is 0 Å². The molecular weight excluding hydrogens is 260 g/mol. The number of piperidine rings is 1. The number of hydrogen-bond donors (Lipinski definition) is 2. The van der Waals surface area contributed by atoms with E-state index in [-0.39, 0.29) is 12.1 Å². The average Bonchev–Trinajstić information content (AvgIpc) is 2.31. The average molecular weight is 282 g/mol. The highest BCUT2D eigenvalue weighted by Crippen LogP contribution is 2.18. The Hall–Kier alpha value is -0.910. The lowest BCUT2D eigenvalue weighted by molar-refractivity contribution is 0.348. The lowest BCUT2D eigenvalue weighted by Gasteiger charge is -2.30. The smallest absolute Gasteiger partial charge is 0.241 e. The molecule has 1 aromatic rings. The van der Waals surface area contributed by atoms with Crippen molar-refractivity contribution in [3.63, 3.8) is 0 Å². The van der Waals surface area contributed by atoms with E-state index >= 15 is 0 Å². The van der Waals surface area contributed by atoms with Gasteiger partial charge < -0.3 is 5.32 Å². The van der Waals surface area contributed by atoms with Gasteiger partial charge in [-0.3, -0.25) is 0 Å². The van der Waals surface area contributed by atoms with Crippen LogP contribution in [0.1, 0.15) is 30.9 Å². The number of hydrogen-bond acceptors (Lipinski definition) is 3. The Balaban J connectivity index is 2.22. The van der Waals surface area contributed by atoms with E-state index in [0.29, 0.717) is 4.90 Å². The van der Waals surface area contributed by atoms with Crippen molar-refractivity contribution < 1.29 is 8.42 Å². The van der Waals surface area contributed by atoms with E-state index in [2.05, 4.69) is 10.0 Å². The summed E-state index contributed by atoms with van der Waals surface area (Å²) < 4.78 is 27.7. The highest BCUT2D eigenvalue weighted by atomic mass is 32.2. The van der Waals surface area contributed by atoms with Crippen molar-refractivity contribution in [3.8, 4) is 0 Å². The minimum absolute atomic E-state index is 0.0283. The van der Waals surface area contributed by atoms with Gasteiger partial charge in [-0.05, 0) is 51.8 Å². The Bertz CT molecular complexity index is 555. The molecule has 0 spiro atoms. The summed E-state index contributed by atoms with van der Waals surface area (Å²) in [6, 6.07) is 5.57. The van der Waals surface area contributed by atoms with E-state index in [1.54, 1.807) is 6.07 Å². The molecule has 2 rings (SSSR count). The molecule has 0 amide bonds. The Kier molecular flexibility index (Phi) is 4.28. The maximum atomic E-state index is 12.4. The van der Waals surface area contributed by atoms with Crippen molar-refractivity contribution in [3.05, 3.63) is 29.3 Å². The number of rotatable bonds is 3. The van der Waals surface area contributed by atoms with Gasteiger partial charge in [-0.25, -0.2) is 13.1 Å². The number of benzene rings is 1. The molecule has 1 aromatic carbocycles. The number of sulfonamides is 1. The van der Waals surface area contributed by atoms with Crippen LogP contribution in [0.3, 0.4) is 0 Å². The van der Waals surface area contributed by atoms with Gasteiger partial charge in [-0.2, -0.15) is 0 Å². The van der Waals surface area contributed by atoms with Crippen LogP contribution in [0, 0.1) is 13.8 Å². The third kappa shape index (κ3) is 3.35. The van der Waals surface area contributed by atoms with Crippen molar-refractivity contribution in [2.24, 2.45) is 0 Å². The topological polar surface area (TPSA) is 58.2 Å². The zero-order chi connectivity index (χ0) is 14.0. The fraction of sp³-hybridized carbons (Fsp3) is 0.571. The second-order valence-electron chi connectivity index (χ2n) is 5.38. The summed E-state index contributed by atoms with van der Waals surface area (Å²) in [5, 5.41) is 3.30. The van der Waals surface area contributed by atoms with Crippen LogP contribution in [0.5, 0.6) is 0 Å². The lowest BCUT2D eigenvalue weighted by Crippen LogP contribution is -2.51. The van der Waals surface area contributed by atoms with Gasteiger partial charge in [-0.1, -0.05) is 17.7 Å². The molecule has 0 aromatic heterocycles. The quantitative estimate of drug-likeness (QED) is 0.887. The molecule has 2 N–H and O–H groups in total. The zero-order valence-corrected chi connectivity index (χ0v) is 12.5. The van der Waals surface area contributed by atoms with Gasteiger partial charge in [0.05, 0.1) is 4.90 Å². The van der Waals surface area contributed by atoms with Crippen molar-refractivity contribution in [1.82, 2.24) is 10.0 Å². The lowest BCUT2D eigenvalue weighted by atomic mass is 10.0. The summed E-state index contributed by atoms with van der Waals surface area (Å²) in [4.78, 5) is 0.385. The van der Waals surface area contributed by atoms with E-state index in [9.17, 15) is 8.42 Å². The summed E-state index contributed by atoms with van der Waals surface area (Å²) in [5.41, 5.74) is 1.87. The Morgan fingerprint density at radius 1 is 1.32 bits per heavy atom. The summed E-state index contributed by atoms with van der Waals surface area (Å²) >= 11 is 0. The molecule has 0 bridgehead atoms. The molecule has 0 unspecified atom stereocenters. The van der Waals surface area contributed by atoms with Gasteiger partial charge in [0.2, 0.25) is 10.0 Å². The van der Waals surface area contributed by atoms with E-state index < -0.39 is 10.0 Å². The molecule has 0 radical (unpaired) electrons.